The molecule has 0 unspecified atom stereocenters. The molecule has 0 saturated carbocycles. The Morgan fingerprint density at radius 1 is 0.773 bits per heavy atom. The Hall–Kier alpha value is -1.22. The monoisotopic (exact) mass is 314 g/mol. The number of carbonyl (C=O) groups is 2. The molecular formula is C14H22N2O6-2. The van der Waals surface area contributed by atoms with Gasteiger partial charge in [-0.25, -0.2) is 0 Å². The molecule has 8 nitrogen and oxygen atoms in total. The first-order chi connectivity index (χ1) is 10.5. The van der Waals surface area contributed by atoms with Crippen LogP contribution in [-0.4, -0.2) is 64.5 Å². The summed E-state index contributed by atoms with van der Waals surface area (Å²) < 4.78 is 10.2. The molecule has 4 saturated heterocycles. The maximum Gasteiger partial charge on any atom is 0.0870 e. The van der Waals surface area contributed by atoms with Crippen LogP contribution in [0.15, 0.2) is 0 Å². The summed E-state index contributed by atoms with van der Waals surface area (Å²) in [6.07, 6.45) is 2.65. The molecule has 0 radical (unpaired) electrons. The van der Waals surface area contributed by atoms with Gasteiger partial charge in [-0.05, 0) is 25.9 Å². The highest BCUT2D eigenvalue weighted by atomic mass is 16.5. The Balaban J connectivity index is 0.000000123. The van der Waals surface area contributed by atoms with Crippen LogP contribution in [0.5, 0.6) is 0 Å². The zero-order valence-corrected chi connectivity index (χ0v) is 12.5. The number of aliphatic carboxylic acids is 2. The summed E-state index contributed by atoms with van der Waals surface area (Å²) in [5.41, 5.74) is 1.17. The van der Waals surface area contributed by atoms with Crippen molar-refractivity contribution in [3.05, 3.63) is 0 Å². The second-order valence-electron chi connectivity index (χ2n) is 6.41. The lowest BCUT2D eigenvalue weighted by Crippen LogP contribution is -2.43. The molecule has 4 aliphatic rings. The molecule has 0 aliphatic carbocycles. The van der Waals surface area contributed by atoms with Crippen LogP contribution in [0.2, 0.25) is 0 Å². The third-order valence-electron chi connectivity index (χ3n) is 4.46. The standard InChI is InChI=1S/2C6H11NO.C2H2O4/c2*1-2-7-3-6(1)4-8-5-6;3-1(4)2(5)6/h2*7H,1-5H2;(H,3,4)(H,5,6)/p-2. The van der Waals surface area contributed by atoms with E-state index in [0.29, 0.717) is 10.8 Å². The number of carboxylic acid groups (broad SMARTS) is 2. The van der Waals surface area contributed by atoms with E-state index in [0.717, 1.165) is 26.4 Å². The Bertz CT molecular complexity index is 352. The van der Waals surface area contributed by atoms with Crippen molar-refractivity contribution in [3.63, 3.8) is 0 Å². The van der Waals surface area contributed by atoms with Gasteiger partial charge < -0.3 is 39.9 Å². The van der Waals surface area contributed by atoms with Crippen molar-refractivity contribution < 1.29 is 29.3 Å². The van der Waals surface area contributed by atoms with Crippen molar-refractivity contribution in [1.29, 1.82) is 0 Å². The molecule has 8 heteroatoms. The van der Waals surface area contributed by atoms with E-state index in [9.17, 15) is 0 Å². The highest BCUT2D eigenvalue weighted by Gasteiger charge is 2.41. The van der Waals surface area contributed by atoms with Crippen molar-refractivity contribution in [1.82, 2.24) is 10.6 Å². The van der Waals surface area contributed by atoms with Gasteiger partial charge in [-0.3, -0.25) is 0 Å². The average Bonchev–Trinajstić information content (AvgIpc) is 3.08. The number of carboxylic acids is 2. The van der Waals surface area contributed by atoms with E-state index in [1.54, 1.807) is 0 Å². The fourth-order valence-corrected chi connectivity index (χ4v) is 2.87. The highest BCUT2D eigenvalue weighted by molar-refractivity contribution is 6.25. The zero-order chi connectivity index (χ0) is 16.1. The summed E-state index contributed by atoms with van der Waals surface area (Å²) >= 11 is 0. The highest BCUT2D eigenvalue weighted by Crippen LogP contribution is 2.33. The van der Waals surface area contributed by atoms with Gasteiger partial charge in [0.2, 0.25) is 0 Å². The Labute approximate surface area is 129 Å². The van der Waals surface area contributed by atoms with Crippen LogP contribution >= 0.6 is 0 Å². The normalized spacial score (nSPS) is 26.0. The van der Waals surface area contributed by atoms with Gasteiger partial charge in [-0.2, -0.15) is 0 Å². The summed E-state index contributed by atoms with van der Waals surface area (Å²) in [6, 6.07) is 0. The first-order valence-corrected chi connectivity index (χ1v) is 7.46. The second kappa shape index (κ2) is 7.36. The SMILES string of the molecule is C1CC2(CN1)COC2.C1CC2(CN1)COC2.O=C([O-])C(=O)[O-]. The van der Waals surface area contributed by atoms with E-state index in [-0.39, 0.29) is 0 Å². The lowest BCUT2D eigenvalue weighted by atomic mass is 9.85. The summed E-state index contributed by atoms with van der Waals surface area (Å²) in [4.78, 5) is 17.9. The molecule has 126 valence electrons. The number of rotatable bonds is 0. The van der Waals surface area contributed by atoms with E-state index in [1.165, 1.54) is 39.0 Å². The third kappa shape index (κ3) is 4.39. The van der Waals surface area contributed by atoms with Gasteiger partial charge in [0.05, 0.1) is 38.4 Å². The first-order valence-electron chi connectivity index (χ1n) is 7.46. The predicted molar refractivity (Wildman–Crippen MR) is 71.5 cm³/mol. The van der Waals surface area contributed by atoms with Crippen molar-refractivity contribution in [2.45, 2.75) is 12.8 Å². The molecule has 0 aromatic rings. The summed E-state index contributed by atoms with van der Waals surface area (Å²) in [5, 5.41) is 24.5. The van der Waals surface area contributed by atoms with Crippen molar-refractivity contribution in [3.8, 4) is 0 Å². The van der Waals surface area contributed by atoms with E-state index in [4.69, 9.17) is 29.3 Å². The fraction of sp³-hybridized carbons (Fsp3) is 0.857. The van der Waals surface area contributed by atoms with E-state index in [1.807, 2.05) is 0 Å². The minimum atomic E-state index is -2.19. The van der Waals surface area contributed by atoms with Crippen LogP contribution in [0.3, 0.4) is 0 Å². The van der Waals surface area contributed by atoms with Gasteiger partial charge in [0.15, 0.2) is 0 Å². The molecule has 0 amide bonds. The van der Waals surface area contributed by atoms with Crippen LogP contribution < -0.4 is 20.8 Å². The maximum atomic E-state index is 8.93. The summed E-state index contributed by atoms with van der Waals surface area (Å²) in [5.74, 6) is -4.37. The molecule has 2 spiro atoms. The average molecular weight is 314 g/mol. The number of ether oxygens (including phenoxy) is 2. The van der Waals surface area contributed by atoms with Gasteiger partial charge in [-0.15, -0.1) is 0 Å². The number of nitrogens with one attached hydrogen (secondary N) is 2. The lowest BCUT2D eigenvalue weighted by molar-refractivity contribution is -0.345. The number of hydrogen-bond acceptors (Lipinski definition) is 8. The molecule has 4 fully saturated rings. The predicted octanol–water partition coefficient (Wildman–Crippen LogP) is -3.52. The molecule has 0 aromatic heterocycles. The van der Waals surface area contributed by atoms with Gasteiger partial charge in [0, 0.05) is 23.9 Å². The first kappa shape index (κ1) is 17.1. The second-order valence-corrected chi connectivity index (χ2v) is 6.41. The number of hydrogen-bond donors (Lipinski definition) is 2. The molecular weight excluding hydrogens is 292 g/mol. The van der Waals surface area contributed by atoms with Gasteiger partial charge in [0.25, 0.3) is 0 Å². The van der Waals surface area contributed by atoms with E-state index in [2.05, 4.69) is 10.6 Å². The van der Waals surface area contributed by atoms with Crippen LogP contribution in [0, 0.1) is 10.8 Å². The van der Waals surface area contributed by atoms with Crippen molar-refractivity contribution in [2.24, 2.45) is 10.8 Å². The lowest BCUT2D eigenvalue weighted by Gasteiger charge is -2.36. The molecule has 22 heavy (non-hydrogen) atoms. The third-order valence-corrected chi connectivity index (χ3v) is 4.46. The van der Waals surface area contributed by atoms with E-state index < -0.39 is 11.9 Å². The van der Waals surface area contributed by atoms with Gasteiger partial charge in [-0.1, -0.05) is 0 Å². The molecule has 0 bridgehead atoms. The topological polar surface area (TPSA) is 123 Å². The fourth-order valence-electron chi connectivity index (χ4n) is 2.87. The smallest absolute Gasteiger partial charge is 0.0870 e. The zero-order valence-electron chi connectivity index (χ0n) is 12.5. The van der Waals surface area contributed by atoms with Crippen LogP contribution in [0.4, 0.5) is 0 Å². The van der Waals surface area contributed by atoms with Gasteiger partial charge >= 0.3 is 0 Å². The van der Waals surface area contributed by atoms with Gasteiger partial charge in [0.1, 0.15) is 0 Å². The molecule has 4 aliphatic heterocycles. The summed E-state index contributed by atoms with van der Waals surface area (Å²) in [7, 11) is 0. The molecule has 4 rings (SSSR count). The van der Waals surface area contributed by atoms with Crippen LogP contribution in [-0.2, 0) is 19.1 Å². The Morgan fingerprint density at radius 3 is 1.23 bits per heavy atom. The Kier molecular flexibility index (Phi) is 5.74. The molecule has 2 N–H and O–H groups in total. The largest absolute Gasteiger partial charge is 0.543 e. The van der Waals surface area contributed by atoms with Crippen molar-refractivity contribution >= 4 is 11.9 Å². The molecule has 4 heterocycles. The van der Waals surface area contributed by atoms with Crippen LogP contribution in [0.1, 0.15) is 12.8 Å². The van der Waals surface area contributed by atoms with Crippen molar-refractivity contribution in [2.75, 3.05) is 52.6 Å². The maximum absolute atomic E-state index is 8.93. The minimum absolute atomic E-state index is 0.583. The molecule has 0 atom stereocenters. The van der Waals surface area contributed by atoms with Crippen LogP contribution in [0.25, 0.3) is 0 Å². The quantitative estimate of drug-likeness (QED) is 0.441. The van der Waals surface area contributed by atoms with E-state index >= 15 is 0 Å². The minimum Gasteiger partial charge on any atom is -0.543 e. The summed E-state index contributed by atoms with van der Waals surface area (Å²) in [6.45, 7) is 8.77. The Morgan fingerprint density at radius 2 is 1.14 bits per heavy atom. The molecule has 0 aromatic carbocycles. The number of carbonyl (C=O) groups excluding carboxylic acids is 2.